The van der Waals surface area contributed by atoms with E-state index in [1.807, 2.05) is 6.92 Å². The standard InChI is InChI=1S/C21H17ClN2O4/c1-13-11-15(21(26)27-2)5-9-18(13)19-10-8-17(28-19)12-23-24-20(25)14-3-6-16(22)7-4-14/h3-12H,1-2H3,(H,24,25)/b23-12-. The van der Waals surface area contributed by atoms with Gasteiger partial charge in [-0.05, 0) is 61.0 Å². The number of halogens is 1. The maximum absolute atomic E-state index is 12.0. The zero-order valence-electron chi connectivity index (χ0n) is 15.2. The predicted octanol–water partition coefficient (Wildman–Crippen LogP) is 4.46. The van der Waals surface area contributed by atoms with E-state index in [0.717, 1.165) is 11.1 Å². The molecule has 0 aliphatic rings. The molecule has 0 aliphatic carbocycles. The zero-order valence-corrected chi connectivity index (χ0v) is 16.0. The lowest BCUT2D eigenvalue weighted by Crippen LogP contribution is -2.17. The van der Waals surface area contributed by atoms with Crippen molar-refractivity contribution >= 4 is 29.7 Å². The Balaban J connectivity index is 1.68. The van der Waals surface area contributed by atoms with Crippen LogP contribution in [0.25, 0.3) is 11.3 Å². The molecule has 6 nitrogen and oxygen atoms in total. The Kier molecular flexibility index (Phi) is 5.91. The molecule has 2 aromatic carbocycles. The van der Waals surface area contributed by atoms with Crippen LogP contribution < -0.4 is 5.43 Å². The molecule has 3 rings (SSSR count). The minimum absolute atomic E-state index is 0.353. The van der Waals surface area contributed by atoms with E-state index >= 15 is 0 Å². The molecule has 1 N–H and O–H groups in total. The second-order valence-electron chi connectivity index (χ2n) is 5.93. The number of hydrazone groups is 1. The highest BCUT2D eigenvalue weighted by atomic mass is 35.5. The Morgan fingerprint density at radius 3 is 2.46 bits per heavy atom. The fraction of sp³-hybridized carbons (Fsp3) is 0.0952. The monoisotopic (exact) mass is 396 g/mol. The second-order valence-corrected chi connectivity index (χ2v) is 6.37. The van der Waals surface area contributed by atoms with Gasteiger partial charge in [-0.15, -0.1) is 0 Å². The quantitative estimate of drug-likeness (QED) is 0.392. The van der Waals surface area contributed by atoms with Crippen molar-refractivity contribution in [3.05, 3.63) is 82.1 Å². The Morgan fingerprint density at radius 1 is 1.07 bits per heavy atom. The molecule has 7 heteroatoms. The highest BCUT2D eigenvalue weighted by Crippen LogP contribution is 2.26. The fourth-order valence-electron chi connectivity index (χ4n) is 2.57. The molecule has 0 fully saturated rings. The maximum Gasteiger partial charge on any atom is 0.337 e. The number of esters is 1. The molecular formula is C21H17ClN2O4. The third kappa shape index (κ3) is 4.47. The van der Waals surface area contributed by atoms with Crippen molar-refractivity contribution in [2.45, 2.75) is 6.92 Å². The van der Waals surface area contributed by atoms with Gasteiger partial charge < -0.3 is 9.15 Å². The minimum Gasteiger partial charge on any atom is -0.465 e. The van der Waals surface area contributed by atoms with Crippen molar-refractivity contribution in [2.24, 2.45) is 5.10 Å². The van der Waals surface area contributed by atoms with Gasteiger partial charge >= 0.3 is 5.97 Å². The first kappa shape index (κ1) is 19.4. The summed E-state index contributed by atoms with van der Waals surface area (Å²) in [5.41, 5.74) is 5.07. The summed E-state index contributed by atoms with van der Waals surface area (Å²) in [5, 5.41) is 4.46. The number of amides is 1. The highest BCUT2D eigenvalue weighted by molar-refractivity contribution is 6.30. The summed E-state index contributed by atoms with van der Waals surface area (Å²) >= 11 is 5.80. The van der Waals surface area contributed by atoms with Gasteiger partial charge in [0, 0.05) is 16.1 Å². The predicted molar refractivity (Wildman–Crippen MR) is 107 cm³/mol. The van der Waals surface area contributed by atoms with Gasteiger partial charge in [0.2, 0.25) is 0 Å². The van der Waals surface area contributed by atoms with Crippen LogP contribution >= 0.6 is 11.6 Å². The first-order chi connectivity index (χ1) is 13.5. The van der Waals surface area contributed by atoms with Crippen LogP contribution in [0.1, 0.15) is 32.0 Å². The molecule has 142 valence electrons. The van der Waals surface area contributed by atoms with Gasteiger partial charge in [0.05, 0.1) is 18.9 Å². The van der Waals surface area contributed by atoms with Crippen LogP contribution in [0, 0.1) is 6.92 Å². The average molecular weight is 397 g/mol. The molecule has 1 aromatic heterocycles. The van der Waals surface area contributed by atoms with E-state index in [2.05, 4.69) is 10.5 Å². The van der Waals surface area contributed by atoms with Crippen molar-refractivity contribution in [3.8, 4) is 11.3 Å². The summed E-state index contributed by atoms with van der Waals surface area (Å²) in [7, 11) is 1.34. The van der Waals surface area contributed by atoms with Crippen LogP contribution in [-0.4, -0.2) is 25.2 Å². The van der Waals surface area contributed by atoms with E-state index in [-0.39, 0.29) is 5.91 Å². The SMILES string of the molecule is COC(=O)c1ccc(-c2ccc(/C=N\NC(=O)c3ccc(Cl)cc3)o2)c(C)c1. The number of ether oxygens (including phenoxy) is 1. The van der Waals surface area contributed by atoms with Crippen molar-refractivity contribution in [2.75, 3.05) is 7.11 Å². The van der Waals surface area contributed by atoms with Gasteiger partial charge in [-0.25, -0.2) is 10.2 Å². The number of nitrogens with one attached hydrogen (secondary N) is 1. The van der Waals surface area contributed by atoms with E-state index in [9.17, 15) is 9.59 Å². The number of furan rings is 1. The number of hydrogen-bond donors (Lipinski definition) is 1. The van der Waals surface area contributed by atoms with Crippen molar-refractivity contribution in [3.63, 3.8) is 0 Å². The van der Waals surface area contributed by atoms with Gasteiger partial charge in [0.1, 0.15) is 11.5 Å². The number of benzene rings is 2. The molecule has 1 heterocycles. The molecule has 1 amide bonds. The lowest BCUT2D eigenvalue weighted by atomic mass is 10.0. The maximum atomic E-state index is 12.0. The van der Waals surface area contributed by atoms with Crippen LogP contribution in [0.2, 0.25) is 5.02 Å². The summed E-state index contributed by atoms with van der Waals surface area (Å²) in [5.74, 6) is 0.356. The molecule has 3 aromatic rings. The highest BCUT2D eigenvalue weighted by Gasteiger charge is 2.11. The molecular weight excluding hydrogens is 380 g/mol. The third-order valence-electron chi connectivity index (χ3n) is 4.00. The molecule has 28 heavy (non-hydrogen) atoms. The number of nitrogens with zero attached hydrogens (tertiary/aromatic N) is 1. The number of carbonyl (C=O) groups excluding carboxylic acids is 2. The summed E-state index contributed by atoms with van der Waals surface area (Å²) in [6.07, 6.45) is 1.41. The van der Waals surface area contributed by atoms with Gasteiger partial charge in [-0.1, -0.05) is 17.7 Å². The third-order valence-corrected chi connectivity index (χ3v) is 4.26. The lowest BCUT2D eigenvalue weighted by Gasteiger charge is -2.05. The van der Waals surface area contributed by atoms with Crippen LogP contribution in [0.4, 0.5) is 0 Å². The Labute approximate surface area is 166 Å². The van der Waals surface area contributed by atoms with Crippen molar-refractivity contribution in [1.29, 1.82) is 0 Å². The molecule has 0 spiro atoms. The first-order valence-electron chi connectivity index (χ1n) is 8.36. The van der Waals surface area contributed by atoms with Gasteiger partial charge in [0.25, 0.3) is 5.91 Å². The largest absolute Gasteiger partial charge is 0.465 e. The summed E-state index contributed by atoms with van der Waals surface area (Å²) in [4.78, 5) is 23.6. The Morgan fingerprint density at radius 2 is 1.79 bits per heavy atom. The molecule has 0 saturated heterocycles. The number of methoxy groups -OCH3 is 1. The van der Waals surface area contributed by atoms with Crippen LogP contribution in [0.3, 0.4) is 0 Å². The number of rotatable bonds is 5. The Hall–Kier alpha value is -3.38. The second kappa shape index (κ2) is 8.54. The van der Waals surface area contributed by atoms with Crippen molar-refractivity contribution in [1.82, 2.24) is 5.43 Å². The molecule has 0 bridgehead atoms. The molecule has 0 unspecified atom stereocenters. The normalized spacial score (nSPS) is 10.8. The topological polar surface area (TPSA) is 80.9 Å². The van der Waals surface area contributed by atoms with E-state index in [0.29, 0.717) is 27.7 Å². The smallest absolute Gasteiger partial charge is 0.337 e. The van der Waals surface area contributed by atoms with Gasteiger partial charge in [0.15, 0.2) is 0 Å². The minimum atomic E-state index is -0.390. The van der Waals surface area contributed by atoms with Crippen molar-refractivity contribution < 1.29 is 18.7 Å². The summed E-state index contributed by atoms with van der Waals surface area (Å²) < 4.78 is 10.5. The van der Waals surface area contributed by atoms with Gasteiger partial charge in [-0.3, -0.25) is 4.79 Å². The number of carbonyl (C=O) groups is 2. The van der Waals surface area contributed by atoms with E-state index in [1.165, 1.54) is 13.3 Å². The van der Waals surface area contributed by atoms with Crippen LogP contribution in [0.5, 0.6) is 0 Å². The summed E-state index contributed by atoms with van der Waals surface area (Å²) in [6, 6.07) is 15.2. The van der Waals surface area contributed by atoms with Crippen LogP contribution in [-0.2, 0) is 4.74 Å². The number of aryl methyl sites for hydroxylation is 1. The van der Waals surface area contributed by atoms with E-state index < -0.39 is 5.97 Å². The lowest BCUT2D eigenvalue weighted by molar-refractivity contribution is 0.0600. The van der Waals surface area contributed by atoms with Crippen LogP contribution in [0.15, 0.2) is 64.1 Å². The van der Waals surface area contributed by atoms with E-state index in [1.54, 1.807) is 54.6 Å². The number of hydrogen-bond acceptors (Lipinski definition) is 5. The molecule has 0 saturated carbocycles. The molecule has 0 aliphatic heterocycles. The average Bonchev–Trinajstić information content (AvgIpc) is 3.16. The Bertz CT molecular complexity index is 1040. The molecule has 0 atom stereocenters. The van der Waals surface area contributed by atoms with Gasteiger partial charge in [-0.2, -0.15) is 5.10 Å². The summed E-state index contributed by atoms with van der Waals surface area (Å²) in [6.45, 7) is 1.88. The fourth-order valence-corrected chi connectivity index (χ4v) is 2.70. The zero-order chi connectivity index (χ0) is 20.1. The van der Waals surface area contributed by atoms with E-state index in [4.69, 9.17) is 20.8 Å². The first-order valence-corrected chi connectivity index (χ1v) is 8.74. The molecule has 0 radical (unpaired) electrons.